The van der Waals surface area contributed by atoms with Crippen molar-refractivity contribution in [3.63, 3.8) is 0 Å². The minimum absolute atomic E-state index is 0.249. The minimum atomic E-state index is -4.62. The first-order valence-corrected chi connectivity index (χ1v) is 3.59. The summed E-state index contributed by atoms with van der Waals surface area (Å²) in [5, 5.41) is 8.69. The number of hydrogen-bond acceptors (Lipinski definition) is 2. The number of hydrogen-bond donors (Lipinski definition) is 1. The van der Waals surface area contributed by atoms with Gasteiger partial charge in [0.05, 0.1) is 6.61 Å². The summed E-state index contributed by atoms with van der Waals surface area (Å²) >= 11 is 0. The monoisotopic (exact) mass is 182 g/mol. The second kappa shape index (κ2) is 3.35. The van der Waals surface area contributed by atoms with Crippen LogP contribution < -0.4 is 0 Å². The summed E-state index contributed by atoms with van der Waals surface area (Å²) in [6.45, 7) is 0.249. The lowest BCUT2D eigenvalue weighted by molar-refractivity contribution is -0.202. The highest BCUT2D eigenvalue weighted by Gasteiger charge is 2.42. The Hall–Kier alpha value is -0.710. The topological polar surface area (TPSA) is 29.5 Å². The third kappa shape index (κ3) is 2.14. The van der Waals surface area contributed by atoms with E-state index in [4.69, 9.17) is 5.11 Å². The average Bonchev–Trinajstić information content (AvgIpc) is 2.03. The van der Waals surface area contributed by atoms with Crippen LogP contribution in [0.5, 0.6) is 0 Å². The molecule has 0 fully saturated rings. The number of aliphatic hydroxyl groups is 1. The molecule has 70 valence electrons. The molecule has 1 atom stereocenters. The molecule has 0 aromatic rings. The van der Waals surface area contributed by atoms with E-state index < -0.39 is 12.3 Å². The van der Waals surface area contributed by atoms with Gasteiger partial charge in [-0.2, -0.15) is 13.2 Å². The van der Waals surface area contributed by atoms with Crippen molar-refractivity contribution in [3.8, 4) is 0 Å². The van der Waals surface area contributed by atoms with Crippen LogP contribution in [0.15, 0.2) is 11.8 Å². The summed E-state index contributed by atoms with van der Waals surface area (Å²) < 4.78 is 40.2. The first-order valence-electron chi connectivity index (χ1n) is 3.59. The Morgan fingerprint density at radius 3 is 2.58 bits per heavy atom. The van der Waals surface area contributed by atoms with Crippen LogP contribution in [0.4, 0.5) is 13.2 Å². The van der Waals surface area contributed by atoms with Gasteiger partial charge in [0.1, 0.15) is 5.76 Å². The first-order chi connectivity index (χ1) is 5.52. The molecule has 1 N–H and O–H groups in total. The fourth-order valence-electron chi connectivity index (χ4n) is 0.928. The van der Waals surface area contributed by atoms with E-state index in [-0.39, 0.29) is 12.4 Å². The summed E-state index contributed by atoms with van der Waals surface area (Å²) in [6, 6.07) is 0. The van der Waals surface area contributed by atoms with Gasteiger partial charge in [0.25, 0.3) is 0 Å². The summed E-state index contributed by atoms with van der Waals surface area (Å²) in [6.07, 6.45) is -4.57. The van der Waals surface area contributed by atoms with Crippen LogP contribution in [0, 0.1) is 0 Å². The van der Waals surface area contributed by atoms with Gasteiger partial charge in [0.15, 0.2) is 0 Å². The third-order valence-corrected chi connectivity index (χ3v) is 1.54. The Bertz CT molecular complexity index is 186. The lowest BCUT2D eigenvalue weighted by atomic mass is 10.2. The Kier molecular flexibility index (Phi) is 2.62. The highest BCUT2D eigenvalue weighted by Crippen LogP contribution is 2.27. The second-order valence-electron chi connectivity index (χ2n) is 2.54. The molecule has 1 rings (SSSR count). The van der Waals surface area contributed by atoms with E-state index in [2.05, 4.69) is 4.74 Å². The molecule has 0 amide bonds. The number of halogens is 3. The van der Waals surface area contributed by atoms with Gasteiger partial charge < -0.3 is 9.84 Å². The Morgan fingerprint density at radius 1 is 1.50 bits per heavy atom. The minimum Gasteiger partial charge on any atom is -0.495 e. The Morgan fingerprint density at radius 2 is 2.17 bits per heavy atom. The smallest absolute Gasteiger partial charge is 0.421 e. The number of aliphatic hydroxyl groups excluding tert-OH is 1. The van der Waals surface area contributed by atoms with Crippen molar-refractivity contribution in [2.45, 2.75) is 25.1 Å². The fraction of sp³-hybridized carbons (Fsp3) is 0.714. The molecule has 5 heteroatoms. The lowest BCUT2D eigenvalue weighted by Crippen LogP contribution is -2.32. The normalized spacial score (nSPS) is 21.2. The van der Waals surface area contributed by atoms with Gasteiger partial charge >= 0.3 is 6.18 Å². The Balaban J connectivity index is 2.62. The maximum Gasteiger partial charge on any atom is 0.421 e. The van der Waals surface area contributed by atoms with E-state index in [1.807, 2.05) is 0 Å². The second-order valence-corrected chi connectivity index (χ2v) is 2.54. The predicted octanol–water partition coefficient (Wildman–Crippen LogP) is 1.60. The largest absolute Gasteiger partial charge is 0.495 e. The molecule has 0 bridgehead atoms. The maximum absolute atomic E-state index is 11.9. The summed E-state index contributed by atoms with van der Waals surface area (Å²) in [5.74, 6) is -0.367. The molecule has 0 saturated heterocycles. The van der Waals surface area contributed by atoms with Crippen LogP contribution in [0.25, 0.3) is 0 Å². The van der Waals surface area contributed by atoms with Gasteiger partial charge in [-0.15, -0.1) is 0 Å². The van der Waals surface area contributed by atoms with Crippen molar-refractivity contribution >= 4 is 0 Å². The molecular formula is C7H9F3O2. The van der Waals surface area contributed by atoms with E-state index in [9.17, 15) is 13.2 Å². The van der Waals surface area contributed by atoms with Gasteiger partial charge in [-0.25, -0.2) is 0 Å². The highest BCUT2D eigenvalue weighted by molar-refractivity contribution is 5.04. The highest BCUT2D eigenvalue weighted by atomic mass is 19.4. The molecular weight excluding hydrogens is 173 g/mol. The molecule has 0 aromatic carbocycles. The van der Waals surface area contributed by atoms with Crippen LogP contribution in [-0.4, -0.2) is 24.0 Å². The summed E-state index contributed by atoms with van der Waals surface area (Å²) in [4.78, 5) is 0. The number of allylic oxidation sites excluding steroid dienone is 1. The maximum atomic E-state index is 11.9. The van der Waals surface area contributed by atoms with Crippen LogP contribution >= 0.6 is 0 Å². The first kappa shape index (κ1) is 9.38. The quantitative estimate of drug-likeness (QED) is 0.667. The van der Waals surface area contributed by atoms with Crippen LogP contribution in [-0.2, 0) is 4.74 Å². The van der Waals surface area contributed by atoms with Gasteiger partial charge in [-0.3, -0.25) is 0 Å². The van der Waals surface area contributed by atoms with Gasteiger partial charge in [0, 0.05) is 0 Å². The zero-order valence-electron chi connectivity index (χ0n) is 6.27. The molecule has 0 aromatic heterocycles. The van der Waals surface area contributed by atoms with E-state index in [1.54, 1.807) is 0 Å². The number of rotatable bonds is 1. The lowest BCUT2D eigenvalue weighted by Gasteiger charge is -2.21. The number of alkyl halides is 3. The predicted molar refractivity (Wildman–Crippen MR) is 35.3 cm³/mol. The van der Waals surface area contributed by atoms with Crippen molar-refractivity contribution in [1.82, 2.24) is 0 Å². The van der Waals surface area contributed by atoms with Crippen molar-refractivity contribution in [1.29, 1.82) is 0 Å². The molecule has 2 nitrogen and oxygen atoms in total. The number of ether oxygens (including phenoxy) is 1. The van der Waals surface area contributed by atoms with Crippen molar-refractivity contribution < 1.29 is 23.0 Å². The summed E-state index contributed by atoms with van der Waals surface area (Å²) in [7, 11) is 0. The van der Waals surface area contributed by atoms with Crippen LogP contribution in [0.3, 0.4) is 0 Å². The van der Waals surface area contributed by atoms with Crippen molar-refractivity contribution in [2.24, 2.45) is 0 Å². The molecule has 0 unspecified atom stereocenters. The zero-order chi connectivity index (χ0) is 9.19. The molecule has 0 saturated carbocycles. The average molecular weight is 182 g/mol. The molecule has 12 heavy (non-hydrogen) atoms. The Labute approximate surface area is 67.6 Å². The van der Waals surface area contributed by atoms with E-state index in [0.29, 0.717) is 12.8 Å². The van der Waals surface area contributed by atoms with Crippen LogP contribution in [0.1, 0.15) is 12.8 Å². The molecule has 1 heterocycles. The fourth-order valence-corrected chi connectivity index (χ4v) is 0.928. The van der Waals surface area contributed by atoms with Crippen LogP contribution in [0.2, 0.25) is 0 Å². The molecule has 1 aliphatic heterocycles. The van der Waals surface area contributed by atoms with Crippen molar-refractivity contribution in [2.75, 3.05) is 6.61 Å². The molecule has 0 radical (unpaired) electrons. The molecule has 0 spiro atoms. The van der Waals surface area contributed by atoms with Crippen molar-refractivity contribution in [3.05, 3.63) is 11.8 Å². The van der Waals surface area contributed by atoms with Gasteiger partial charge in [-0.1, -0.05) is 0 Å². The van der Waals surface area contributed by atoms with E-state index in [1.165, 1.54) is 6.08 Å². The molecule has 0 aliphatic carbocycles. The van der Waals surface area contributed by atoms with Gasteiger partial charge in [-0.05, 0) is 18.9 Å². The third-order valence-electron chi connectivity index (χ3n) is 1.54. The van der Waals surface area contributed by atoms with E-state index in [0.717, 1.165) is 0 Å². The zero-order valence-corrected chi connectivity index (χ0v) is 6.27. The van der Waals surface area contributed by atoms with E-state index >= 15 is 0 Å². The summed E-state index contributed by atoms with van der Waals surface area (Å²) in [5.41, 5.74) is 0. The van der Waals surface area contributed by atoms with Gasteiger partial charge in [0.2, 0.25) is 6.10 Å². The standard InChI is InChI=1S/C7H9F3O2/c8-7(9,10)6(11)5-3-1-2-4-12-5/h3,6,11H,1-2,4H2/t6-/m0/s1. The SMILES string of the molecule is O[C@@H](C1=CCCCO1)C(F)(F)F. The molecule has 1 aliphatic rings.